The number of thioether (sulfide) groups is 1. The van der Waals surface area contributed by atoms with Crippen LogP contribution in [0.3, 0.4) is 0 Å². The van der Waals surface area contributed by atoms with Crippen LogP contribution in [0, 0.1) is 0 Å². The highest BCUT2D eigenvalue weighted by atomic mass is 79.9. The van der Waals surface area contributed by atoms with Crippen molar-refractivity contribution in [3.05, 3.63) is 53.3 Å². The lowest BCUT2D eigenvalue weighted by Crippen LogP contribution is -1.95. The van der Waals surface area contributed by atoms with Gasteiger partial charge in [-0.2, -0.15) is 0 Å². The van der Waals surface area contributed by atoms with Gasteiger partial charge in [-0.1, -0.05) is 12.1 Å². The SMILES string of the molecule is CSc1ccccc1Nc1ccnc2cc(Br)cnc12. The zero-order valence-corrected chi connectivity index (χ0v) is 13.2. The first-order valence-electron chi connectivity index (χ1n) is 6.08. The molecule has 100 valence electrons. The Bertz CT molecular complexity index is 761. The van der Waals surface area contributed by atoms with Crippen LogP contribution >= 0.6 is 27.7 Å². The van der Waals surface area contributed by atoms with E-state index in [1.54, 1.807) is 24.2 Å². The summed E-state index contributed by atoms with van der Waals surface area (Å²) in [5.74, 6) is 0. The maximum Gasteiger partial charge on any atom is 0.112 e. The standard InChI is InChI=1S/C15H12BrN3S/c1-20-14-5-3-2-4-11(14)19-12-6-7-17-13-8-10(16)9-18-15(12)13/h2-9H,1H3,(H,17,19). The fourth-order valence-electron chi connectivity index (χ4n) is 2.00. The number of para-hydroxylation sites is 1. The minimum Gasteiger partial charge on any atom is -0.353 e. The van der Waals surface area contributed by atoms with E-state index >= 15 is 0 Å². The summed E-state index contributed by atoms with van der Waals surface area (Å²) < 4.78 is 0.930. The Morgan fingerprint density at radius 2 is 1.95 bits per heavy atom. The first-order chi connectivity index (χ1) is 9.78. The summed E-state index contributed by atoms with van der Waals surface area (Å²) in [4.78, 5) is 10.0. The molecule has 3 nitrogen and oxygen atoms in total. The molecule has 1 N–H and O–H groups in total. The van der Waals surface area contributed by atoms with Crippen molar-refractivity contribution in [3.8, 4) is 0 Å². The molecular formula is C15H12BrN3S. The van der Waals surface area contributed by atoms with E-state index in [9.17, 15) is 0 Å². The van der Waals surface area contributed by atoms with Crippen molar-refractivity contribution >= 4 is 50.1 Å². The molecule has 20 heavy (non-hydrogen) atoms. The van der Waals surface area contributed by atoms with Crippen LogP contribution in [0.5, 0.6) is 0 Å². The van der Waals surface area contributed by atoms with Crippen LogP contribution in [0.1, 0.15) is 0 Å². The molecule has 0 amide bonds. The molecular weight excluding hydrogens is 334 g/mol. The minimum absolute atomic E-state index is 0.867. The third-order valence-electron chi connectivity index (χ3n) is 2.92. The lowest BCUT2D eigenvalue weighted by atomic mass is 10.2. The van der Waals surface area contributed by atoms with E-state index in [0.717, 1.165) is 26.9 Å². The van der Waals surface area contributed by atoms with Crippen LogP contribution in [-0.4, -0.2) is 16.2 Å². The number of hydrogen-bond acceptors (Lipinski definition) is 4. The Labute approximate surface area is 130 Å². The summed E-state index contributed by atoms with van der Waals surface area (Å²) in [5, 5.41) is 3.45. The average molecular weight is 346 g/mol. The zero-order chi connectivity index (χ0) is 13.9. The van der Waals surface area contributed by atoms with Crippen molar-refractivity contribution in [2.45, 2.75) is 4.90 Å². The number of nitrogens with one attached hydrogen (secondary N) is 1. The number of benzene rings is 1. The maximum absolute atomic E-state index is 4.45. The van der Waals surface area contributed by atoms with Crippen LogP contribution in [-0.2, 0) is 0 Å². The van der Waals surface area contributed by atoms with Crippen LogP contribution in [0.2, 0.25) is 0 Å². The number of nitrogens with zero attached hydrogens (tertiary/aromatic N) is 2. The number of fused-ring (bicyclic) bond motifs is 1. The van der Waals surface area contributed by atoms with Crippen molar-refractivity contribution in [2.24, 2.45) is 0 Å². The van der Waals surface area contributed by atoms with E-state index in [1.807, 2.05) is 24.3 Å². The molecule has 3 rings (SSSR count). The molecule has 0 spiro atoms. The van der Waals surface area contributed by atoms with Gasteiger partial charge in [0.2, 0.25) is 0 Å². The quantitative estimate of drug-likeness (QED) is 0.688. The first-order valence-corrected chi connectivity index (χ1v) is 8.10. The molecule has 0 fully saturated rings. The molecule has 0 bridgehead atoms. The summed E-state index contributed by atoms with van der Waals surface area (Å²) in [6.45, 7) is 0. The van der Waals surface area contributed by atoms with Crippen LogP contribution < -0.4 is 5.32 Å². The molecule has 0 saturated carbocycles. The van der Waals surface area contributed by atoms with Crippen LogP contribution in [0.4, 0.5) is 11.4 Å². The lowest BCUT2D eigenvalue weighted by molar-refractivity contribution is 1.31. The third kappa shape index (κ3) is 2.64. The van der Waals surface area contributed by atoms with Crippen molar-refractivity contribution in [3.63, 3.8) is 0 Å². The molecule has 2 heterocycles. The van der Waals surface area contributed by atoms with Gasteiger partial charge >= 0.3 is 0 Å². The zero-order valence-electron chi connectivity index (χ0n) is 10.8. The van der Waals surface area contributed by atoms with Gasteiger partial charge in [-0.15, -0.1) is 11.8 Å². The summed E-state index contributed by atoms with van der Waals surface area (Å²) >= 11 is 5.14. The minimum atomic E-state index is 0.867. The second-order valence-electron chi connectivity index (χ2n) is 4.21. The van der Waals surface area contributed by atoms with Gasteiger partial charge in [-0.25, -0.2) is 0 Å². The molecule has 0 saturated heterocycles. The van der Waals surface area contributed by atoms with Gasteiger partial charge in [0.1, 0.15) is 5.52 Å². The molecule has 0 radical (unpaired) electrons. The number of aromatic nitrogens is 2. The second kappa shape index (κ2) is 5.81. The number of pyridine rings is 2. The van der Waals surface area contributed by atoms with Crippen molar-refractivity contribution in [1.82, 2.24) is 9.97 Å². The molecule has 3 aromatic rings. The number of halogens is 1. The van der Waals surface area contributed by atoms with Gasteiger partial charge in [0.25, 0.3) is 0 Å². The Hall–Kier alpha value is -1.59. The molecule has 1 aromatic carbocycles. The number of rotatable bonds is 3. The van der Waals surface area contributed by atoms with Gasteiger partial charge in [0.05, 0.1) is 16.9 Å². The molecule has 0 aliphatic rings. The highest BCUT2D eigenvalue weighted by Gasteiger charge is 2.06. The van der Waals surface area contributed by atoms with E-state index in [0.29, 0.717) is 0 Å². The molecule has 0 atom stereocenters. The number of hydrogen-bond donors (Lipinski definition) is 1. The first kappa shape index (κ1) is 13.4. The summed E-state index contributed by atoms with van der Waals surface area (Å²) in [7, 11) is 0. The third-order valence-corrected chi connectivity index (χ3v) is 4.15. The largest absolute Gasteiger partial charge is 0.353 e. The number of anilines is 2. The monoisotopic (exact) mass is 345 g/mol. The summed E-state index contributed by atoms with van der Waals surface area (Å²) in [6, 6.07) is 12.1. The van der Waals surface area contributed by atoms with Crippen LogP contribution in [0.25, 0.3) is 11.0 Å². The van der Waals surface area contributed by atoms with Gasteiger partial charge in [0.15, 0.2) is 0 Å². The fourth-order valence-corrected chi connectivity index (χ4v) is 2.87. The average Bonchev–Trinajstić information content (AvgIpc) is 2.47. The molecule has 0 aliphatic carbocycles. The van der Waals surface area contributed by atoms with E-state index in [1.165, 1.54) is 4.90 Å². The maximum atomic E-state index is 4.45. The van der Waals surface area contributed by atoms with Gasteiger partial charge in [-0.05, 0) is 46.5 Å². The Balaban J connectivity index is 2.07. The smallest absolute Gasteiger partial charge is 0.112 e. The lowest BCUT2D eigenvalue weighted by Gasteiger charge is -2.11. The van der Waals surface area contributed by atoms with E-state index < -0.39 is 0 Å². The Morgan fingerprint density at radius 3 is 2.80 bits per heavy atom. The predicted molar refractivity (Wildman–Crippen MR) is 88.7 cm³/mol. The Morgan fingerprint density at radius 1 is 1.10 bits per heavy atom. The van der Waals surface area contributed by atoms with Crippen molar-refractivity contribution in [2.75, 3.05) is 11.6 Å². The summed E-state index contributed by atoms with van der Waals surface area (Å²) in [6.07, 6.45) is 5.65. The topological polar surface area (TPSA) is 37.8 Å². The normalized spacial score (nSPS) is 10.7. The predicted octanol–water partition coefficient (Wildman–Crippen LogP) is 4.86. The van der Waals surface area contributed by atoms with Crippen molar-refractivity contribution < 1.29 is 0 Å². The second-order valence-corrected chi connectivity index (χ2v) is 5.97. The van der Waals surface area contributed by atoms with E-state index in [2.05, 4.69) is 49.6 Å². The highest BCUT2D eigenvalue weighted by molar-refractivity contribution is 9.10. The molecule has 0 unspecified atom stereocenters. The fraction of sp³-hybridized carbons (Fsp3) is 0.0667. The van der Waals surface area contributed by atoms with E-state index in [4.69, 9.17) is 0 Å². The molecule has 0 aliphatic heterocycles. The Kier molecular flexibility index (Phi) is 3.89. The van der Waals surface area contributed by atoms with Crippen molar-refractivity contribution in [1.29, 1.82) is 0 Å². The van der Waals surface area contributed by atoms with Crippen LogP contribution in [0.15, 0.2) is 58.2 Å². The van der Waals surface area contributed by atoms with Gasteiger partial charge in [-0.3, -0.25) is 9.97 Å². The van der Waals surface area contributed by atoms with Gasteiger partial charge in [0, 0.05) is 21.8 Å². The molecule has 5 heteroatoms. The molecule has 2 aromatic heterocycles. The highest BCUT2D eigenvalue weighted by Crippen LogP contribution is 2.30. The van der Waals surface area contributed by atoms with Gasteiger partial charge < -0.3 is 5.32 Å². The van der Waals surface area contributed by atoms with E-state index in [-0.39, 0.29) is 0 Å². The summed E-state index contributed by atoms with van der Waals surface area (Å²) in [5.41, 5.74) is 3.78.